The Labute approximate surface area is 426 Å². The second kappa shape index (κ2) is 58.4. The number of hydrogen-bond donors (Lipinski definition) is 3. The molecule has 0 aliphatic heterocycles. The van der Waals surface area contributed by atoms with E-state index in [0.29, 0.717) is 25.9 Å². The maximum atomic E-state index is 12.4. The minimum Gasteiger partial charge on any atom is -0.466 e. The molecule has 0 fully saturated rings. The van der Waals surface area contributed by atoms with E-state index >= 15 is 0 Å². The maximum absolute atomic E-state index is 12.4. The molecule has 6 heteroatoms. The van der Waals surface area contributed by atoms with Crippen molar-refractivity contribution in [3.8, 4) is 0 Å². The molecule has 0 spiro atoms. The van der Waals surface area contributed by atoms with E-state index in [-0.39, 0.29) is 18.5 Å². The highest BCUT2D eigenvalue weighted by Gasteiger charge is 2.20. The van der Waals surface area contributed by atoms with Gasteiger partial charge in [0, 0.05) is 12.8 Å². The zero-order chi connectivity index (χ0) is 49.3. The summed E-state index contributed by atoms with van der Waals surface area (Å²) >= 11 is 0. The third kappa shape index (κ3) is 54.2. The molecule has 0 aromatic carbocycles. The van der Waals surface area contributed by atoms with E-state index in [4.69, 9.17) is 4.74 Å². The van der Waals surface area contributed by atoms with E-state index < -0.39 is 12.1 Å². The van der Waals surface area contributed by atoms with Crippen molar-refractivity contribution in [1.29, 1.82) is 0 Å². The normalized spacial score (nSPS) is 12.5. The van der Waals surface area contributed by atoms with Crippen molar-refractivity contribution in [1.82, 2.24) is 5.32 Å². The lowest BCUT2D eigenvalue weighted by Crippen LogP contribution is -2.45. The molecular formula is C62H123NO5. The molecule has 406 valence electrons. The molecule has 6 nitrogen and oxygen atoms in total. The van der Waals surface area contributed by atoms with Gasteiger partial charge in [-0.15, -0.1) is 0 Å². The Balaban J connectivity index is 3.29. The number of carbonyl (C=O) groups excluding carboxylic acids is 2. The van der Waals surface area contributed by atoms with Crippen LogP contribution in [0.1, 0.15) is 361 Å². The number of unbranched alkanes of at least 4 members (excludes halogenated alkanes) is 48. The fourth-order valence-electron chi connectivity index (χ4n) is 10.1. The van der Waals surface area contributed by atoms with Crippen LogP contribution < -0.4 is 5.32 Å². The van der Waals surface area contributed by atoms with E-state index in [1.807, 2.05) is 0 Å². The molecule has 0 bridgehead atoms. The average Bonchev–Trinajstić information content (AvgIpc) is 3.34. The molecule has 0 saturated carbocycles. The molecule has 0 aromatic rings. The molecule has 68 heavy (non-hydrogen) atoms. The fraction of sp³-hybridized carbons (Fsp3) is 0.968. The Morgan fingerprint density at radius 3 is 0.897 bits per heavy atom. The number of aliphatic hydroxyl groups is 2. The van der Waals surface area contributed by atoms with Crippen molar-refractivity contribution < 1.29 is 24.5 Å². The number of esters is 1. The van der Waals surface area contributed by atoms with E-state index in [0.717, 1.165) is 38.5 Å². The molecule has 0 heterocycles. The van der Waals surface area contributed by atoms with E-state index in [1.54, 1.807) is 0 Å². The summed E-state index contributed by atoms with van der Waals surface area (Å²) in [5.41, 5.74) is 0. The zero-order valence-electron chi connectivity index (χ0n) is 46.4. The molecular weight excluding hydrogens is 839 g/mol. The highest BCUT2D eigenvalue weighted by Crippen LogP contribution is 2.19. The van der Waals surface area contributed by atoms with E-state index in [2.05, 4.69) is 19.2 Å². The van der Waals surface area contributed by atoms with Gasteiger partial charge >= 0.3 is 5.97 Å². The van der Waals surface area contributed by atoms with Crippen molar-refractivity contribution in [3.63, 3.8) is 0 Å². The number of hydrogen-bond acceptors (Lipinski definition) is 5. The van der Waals surface area contributed by atoms with Gasteiger partial charge in [-0.3, -0.25) is 9.59 Å². The predicted molar refractivity (Wildman–Crippen MR) is 297 cm³/mol. The zero-order valence-corrected chi connectivity index (χ0v) is 46.4. The van der Waals surface area contributed by atoms with Gasteiger partial charge in [0.1, 0.15) is 0 Å². The summed E-state index contributed by atoms with van der Waals surface area (Å²) in [4.78, 5) is 24.4. The first kappa shape index (κ1) is 66.9. The van der Waals surface area contributed by atoms with Crippen LogP contribution in [0.25, 0.3) is 0 Å². The average molecular weight is 963 g/mol. The second-order valence-electron chi connectivity index (χ2n) is 21.8. The first-order valence-electron chi connectivity index (χ1n) is 31.3. The van der Waals surface area contributed by atoms with Crippen LogP contribution in [0.3, 0.4) is 0 Å². The van der Waals surface area contributed by atoms with Crippen LogP contribution in [-0.4, -0.2) is 47.4 Å². The number of ether oxygens (including phenoxy) is 1. The Bertz CT molecular complexity index is 975. The van der Waals surface area contributed by atoms with Gasteiger partial charge < -0.3 is 20.3 Å². The highest BCUT2D eigenvalue weighted by molar-refractivity contribution is 5.76. The first-order valence-corrected chi connectivity index (χ1v) is 31.3. The SMILES string of the molecule is CCCCCCCCCCCCCCC(=O)OCCCCCCCCCCCCCCCCCCCCCCCCCCCCCCCC(=O)NC(CO)C(O)CCCCCCCCCCCC. The molecule has 0 radical (unpaired) electrons. The Kier molecular flexibility index (Phi) is 57.5. The van der Waals surface area contributed by atoms with Crippen LogP contribution in [0.2, 0.25) is 0 Å². The largest absolute Gasteiger partial charge is 0.466 e. The standard InChI is InChI=1S/C62H123NO5/c1-3-5-7-9-11-13-15-36-40-44-48-52-56-62(67)68-57-53-49-45-41-37-34-32-30-28-26-24-22-20-18-16-17-19-21-23-25-27-29-31-33-35-39-43-47-51-55-61(66)63-59(58-64)60(65)54-50-46-42-38-14-12-10-8-6-4-2/h59-60,64-65H,3-58H2,1-2H3,(H,63,66). The summed E-state index contributed by atoms with van der Waals surface area (Å²) in [6.07, 6.45) is 68.5. The number of carbonyl (C=O) groups is 2. The Hall–Kier alpha value is -1.14. The summed E-state index contributed by atoms with van der Waals surface area (Å²) < 4.78 is 5.48. The number of nitrogens with one attached hydrogen (secondary N) is 1. The Morgan fingerprint density at radius 1 is 0.353 bits per heavy atom. The van der Waals surface area contributed by atoms with Gasteiger partial charge in [-0.05, 0) is 25.7 Å². The van der Waals surface area contributed by atoms with Crippen LogP contribution in [0.15, 0.2) is 0 Å². The van der Waals surface area contributed by atoms with Crippen molar-refractivity contribution in [2.24, 2.45) is 0 Å². The molecule has 3 N–H and O–H groups in total. The maximum Gasteiger partial charge on any atom is 0.305 e. The smallest absolute Gasteiger partial charge is 0.305 e. The minimum atomic E-state index is -0.658. The molecule has 0 rings (SSSR count). The van der Waals surface area contributed by atoms with Crippen molar-refractivity contribution >= 4 is 11.9 Å². The van der Waals surface area contributed by atoms with Crippen LogP contribution in [0.5, 0.6) is 0 Å². The lowest BCUT2D eigenvalue weighted by atomic mass is 10.0. The Morgan fingerprint density at radius 2 is 0.603 bits per heavy atom. The topological polar surface area (TPSA) is 95.9 Å². The summed E-state index contributed by atoms with van der Waals surface area (Å²) in [5, 5.41) is 23.2. The van der Waals surface area contributed by atoms with Crippen molar-refractivity contribution in [2.75, 3.05) is 13.2 Å². The van der Waals surface area contributed by atoms with Crippen molar-refractivity contribution in [2.45, 2.75) is 373 Å². The van der Waals surface area contributed by atoms with Gasteiger partial charge in [0.2, 0.25) is 5.91 Å². The summed E-state index contributed by atoms with van der Waals surface area (Å²) in [7, 11) is 0. The molecule has 0 saturated heterocycles. The van der Waals surface area contributed by atoms with Gasteiger partial charge in [-0.2, -0.15) is 0 Å². The minimum absolute atomic E-state index is 0.0208. The second-order valence-corrected chi connectivity index (χ2v) is 21.8. The first-order chi connectivity index (χ1) is 33.5. The summed E-state index contributed by atoms with van der Waals surface area (Å²) in [5.74, 6) is -0.0102. The van der Waals surface area contributed by atoms with Gasteiger partial charge in [0.25, 0.3) is 0 Å². The van der Waals surface area contributed by atoms with Gasteiger partial charge in [-0.1, -0.05) is 322 Å². The molecule has 0 aliphatic rings. The molecule has 0 aromatic heterocycles. The van der Waals surface area contributed by atoms with E-state index in [9.17, 15) is 19.8 Å². The van der Waals surface area contributed by atoms with Crippen LogP contribution in [-0.2, 0) is 14.3 Å². The summed E-state index contributed by atoms with van der Waals surface area (Å²) in [6.45, 7) is 4.97. The van der Waals surface area contributed by atoms with Crippen LogP contribution in [0.4, 0.5) is 0 Å². The fourth-order valence-corrected chi connectivity index (χ4v) is 10.1. The third-order valence-electron chi connectivity index (χ3n) is 14.9. The van der Waals surface area contributed by atoms with Gasteiger partial charge in [0.15, 0.2) is 0 Å². The van der Waals surface area contributed by atoms with E-state index in [1.165, 1.54) is 289 Å². The summed E-state index contributed by atoms with van der Waals surface area (Å²) in [6, 6.07) is -0.535. The van der Waals surface area contributed by atoms with Crippen LogP contribution in [0, 0.1) is 0 Å². The monoisotopic (exact) mass is 962 g/mol. The number of rotatable bonds is 59. The molecule has 1 amide bonds. The molecule has 2 unspecified atom stereocenters. The lowest BCUT2D eigenvalue weighted by Gasteiger charge is -2.22. The van der Waals surface area contributed by atoms with Gasteiger partial charge in [-0.25, -0.2) is 0 Å². The van der Waals surface area contributed by atoms with Crippen molar-refractivity contribution in [3.05, 3.63) is 0 Å². The third-order valence-corrected chi connectivity index (χ3v) is 14.9. The van der Waals surface area contributed by atoms with Gasteiger partial charge in [0.05, 0.1) is 25.4 Å². The predicted octanol–water partition coefficient (Wildman–Crippen LogP) is 19.5. The number of aliphatic hydroxyl groups excluding tert-OH is 2. The quantitative estimate of drug-likeness (QED) is 0.0417. The lowest BCUT2D eigenvalue weighted by molar-refractivity contribution is -0.143. The molecule has 0 aliphatic carbocycles. The number of amides is 1. The highest BCUT2D eigenvalue weighted by atomic mass is 16.5. The molecule has 2 atom stereocenters. The van der Waals surface area contributed by atoms with Crippen LogP contribution >= 0.6 is 0 Å².